The van der Waals surface area contributed by atoms with Crippen LogP contribution in [0, 0.1) is 18.3 Å². The highest BCUT2D eigenvalue weighted by atomic mass is 16.2. The number of rotatable bonds is 4. The number of aryl methyl sites for hydroxylation is 2. The van der Waals surface area contributed by atoms with Crippen molar-refractivity contribution in [3.8, 4) is 6.07 Å². The van der Waals surface area contributed by atoms with Gasteiger partial charge < -0.3 is 14.8 Å². The highest BCUT2D eigenvalue weighted by molar-refractivity contribution is 5.79. The number of aromatic amines is 1. The molecule has 0 saturated carbocycles. The van der Waals surface area contributed by atoms with Crippen molar-refractivity contribution in [1.82, 2.24) is 19.9 Å². The number of nitrogens with zero attached hydrogens (tertiary/aromatic N) is 5. The first-order chi connectivity index (χ1) is 14.5. The number of hydrogen-bond acceptors (Lipinski definition) is 6. The molecule has 0 spiro atoms. The van der Waals surface area contributed by atoms with Crippen LogP contribution in [0.15, 0.2) is 41.3 Å². The zero-order valence-corrected chi connectivity index (χ0v) is 16.8. The molecule has 1 fully saturated rings. The van der Waals surface area contributed by atoms with E-state index in [-0.39, 0.29) is 11.5 Å². The van der Waals surface area contributed by atoms with Crippen molar-refractivity contribution < 1.29 is 4.79 Å². The molecule has 2 aromatic heterocycles. The van der Waals surface area contributed by atoms with Gasteiger partial charge in [0.2, 0.25) is 5.91 Å². The lowest BCUT2D eigenvalue weighted by Crippen LogP contribution is -2.49. The fourth-order valence-electron chi connectivity index (χ4n) is 3.63. The molecule has 0 bridgehead atoms. The molecule has 3 aromatic rings. The van der Waals surface area contributed by atoms with Crippen molar-refractivity contribution in [3.63, 3.8) is 0 Å². The van der Waals surface area contributed by atoms with Gasteiger partial charge in [0.1, 0.15) is 17.7 Å². The number of aromatic nitrogens is 3. The normalized spacial score (nSPS) is 14.0. The van der Waals surface area contributed by atoms with E-state index in [1.807, 2.05) is 36.1 Å². The van der Waals surface area contributed by atoms with Crippen LogP contribution in [-0.4, -0.2) is 51.9 Å². The van der Waals surface area contributed by atoms with E-state index < -0.39 is 0 Å². The van der Waals surface area contributed by atoms with Crippen LogP contribution in [0.4, 0.5) is 5.82 Å². The largest absolute Gasteiger partial charge is 0.353 e. The van der Waals surface area contributed by atoms with Crippen LogP contribution in [-0.2, 0) is 11.2 Å². The number of nitriles is 1. The third-order valence-electron chi connectivity index (χ3n) is 5.32. The predicted octanol–water partition coefficient (Wildman–Crippen LogP) is 1.78. The number of nitrogens with one attached hydrogen (secondary N) is 1. The summed E-state index contributed by atoms with van der Waals surface area (Å²) in [5.41, 5.74) is 2.01. The molecule has 1 aromatic carbocycles. The molecule has 1 aliphatic rings. The summed E-state index contributed by atoms with van der Waals surface area (Å²) in [6.45, 7) is 4.54. The molecule has 8 nitrogen and oxygen atoms in total. The van der Waals surface area contributed by atoms with Crippen LogP contribution >= 0.6 is 0 Å². The molecular weight excluding hydrogens is 380 g/mol. The van der Waals surface area contributed by atoms with Gasteiger partial charge in [0.15, 0.2) is 0 Å². The zero-order valence-electron chi connectivity index (χ0n) is 16.8. The van der Waals surface area contributed by atoms with Gasteiger partial charge in [0.25, 0.3) is 5.56 Å². The van der Waals surface area contributed by atoms with Crippen LogP contribution in [0.3, 0.4) is 0 Å². The van der Waals surface area contributed by atoms with E-state index in [4.69, 9.17) is 5.26 Å². The van der Waals surface area contributed by atoms with Crippen molar-refractivity contribution in [1.29, 1.82) is 5.26 Å². The third kappa shape index (κ3) is 4.15. The van der Waals surface area contributed by atoms with Gasteiger partial charge in [-0.25, -0.2) is 9.97 Å². The second-order valence-electron chi connectivity index (χ2n) is 7.42. The third-order valence-corrected chi connectivity index (χ3v) is 5.32. The van der Waals surface area contributed by atoms with Crippen molar-refractivity contribution in [2.75, 3.05) is 31.1 Å². The molecule has 30 heavy (non-hydrogen) atoms. The van der Waals surface area contributed by atoms with Gasteiger partial charge in [-0.15, -0.1) is 0 Å². The van der Waals surface area contributed by atoms with E-state index in [1.165, 1.54) is 0 Å². The smallest absolute Gasteiger partial charge is 0.258 e. The lowest BCUT2D eigenvalue weighted by atomic mass is 10.1. The van der Waals surface area contributed by atoms with Crippen molar-refractivity contribution >= 4 is 22.6 Å². The number of amides is 1. The molecule has 1 N–H and O–H groups in total. The van der Waals surface area contributed by atoms with Crippen molar-refractivity contribution in [2.45, 2.75) is 19.8 Å². The molecule has 1 saturated heterocycles. The van der Waals surface area contributed by atoms with Gasteiger partial charge >= 0.3 is 0 Å². The van der Waals surface area contributed by atoms with Gasteiger partial charge in [-0.3, -0.25) is 9.59 Å². The standard InChI is InChI=1S/C22H22N6O2/c1-15-2-4-18-17(12-15)22(30)26-19(25-18)5-7-21(29)28-10-8-27(9-11-28)20-6-3-16(13-23)14-24-20/h2-4,6,12,14H,5,7-11H2,1H3,(H,25,26,30). The Morgan fingerprint density at radius 3 is 2.70 bits per heavy atom. The number of benzene rings is 1. The number of H-pyrrole nitrogens is 1. The molecule has 1 aliphatic heterocycles. The highest BCUT2D eigenvalue weighted by Gasteiger charge is 2.22. The van der Waals surface area contributed by atoms with E-state index in [0.717, 1.165) is 11.4 Å². The van der Waals surface area contributed by atoms with Crippen LogP contribution < -0.4 is 10.5 Å². The van der Waals surface area contributed by atoms with E-state index in [9.17, 15) is 9.59 Å². The van der Waals surface area contributed by atoms with Gasteiger partial charge in [-0.2, -0.15) is 5.26 Å². The minimum Gasteiger partial charge on any atom is -0.353 e. The number of fused-ring (bicyclic) bond motifs is 1. The minimum atomic E-state index is -0.172. The highest BCUT2D eigenvalue weighted by Crippen LogP contribution is 2.15. The number of anilines is 1. The quantitative estimate of drug-likeness (QED) is 0.713. The number of hydrogen-bond donors (Lipinski definition) is 1. The van der Waals surface area contributed by atoms with E-state index in [2.05, 4.69) is 25.9 Å². The molecule has 0 unspecified atom stereocenters. The van der Waals surface area contributed by atoms with Crippen molar-refractivity contribution in [2.24, 2.45) is 0 Å². The maximum absolute atomic E-state index is 12.6. The maximum Gasteiger partial charge on any atom is 0.258 e. The average molecular weight is 402 g/mol. The summed E-state index contributed by atoms with van der Waals surface area (Å²) in [7, 11) is 0. The monoisotopic (exact) mass is 402 g/mol. The molecule has 1 amide bonds. The molecule has 3 heterocycles. The maximum atomic E-state index is 12.6. The first-order valence-corrected chi connectivity index (χ1v) is 9.92. The summed E-state index contributed by atoms with van der Waals surface area (Å²) in [6, 6.07) is 11.2. The summed E-state index contributed by atoms with van der Waals surface area (Å²) in [6.07, 6.45) is 2.26. The van der Waals surface area contributed by atoms with E-state index in [1.54, 1.807) is 12.3 Å². The molecule has 152 valence electrons. The molecular formula is C22H22N6O2. The van der Waals surface area contributed by atoms with Gasteiger partial charge in [-0.1, -0.05) is 11.6 Å². The number of pyridine rings is 1. The minimum absolute atomic E-state index is 0.0501. The van der Waals surface area contributed by atoms with Crippen molar-refractivity contribution in [3.05, 3.63) is 63.8 Å². The van der Waals surface area contributed by atoms with Crippen LogP contribution in [0.5, 0.6) is 0 Å². The number of carbonyl (C=O) groups excluding carboxylic acids is 1. The average Bonchev–Trinajstić information content (AvgIpc) is 2.78. The van der Waals surface area contributed by atoms with Gasteiger partial charge in [0.05, 0.1) is 16.5 Å². The Kier molecular flexibility index (Phi) is 5.44. The predicted molar refractivity (Wildman–Crippen MR) is 113 cm³/mol. The molecule has 4 rings (SSSR count). The molecule has 0 atom stereocenters. The van der Waals surface area contributed by atoms with E-state index in [0.29, 0.717) is 61.3 Å². The SMILES string of the molecule is Cc1ccc2nc(CCC(=O)N3CCN(c4ccc(C#N)cn4)CC3)[nH]c(=O)c2c1. The Morgan fingerprint density at radius 2 is 2.00 bits per heavy atom. The Morgan fingerprint density at radius 1 is 1.20 bits per heavy atom. The van der Waals surface area contributed by atoms with E-state index >= 15 is 0 Å². The lowest BCUT2D eigenvalue weighted by Gasteiger charge is -2.35. The fourth-order valence-corrected chi connectivity index (χ4v) is 3.63. The summed E-state index contributed by atoms with van der Waals surface area (Å²) in [5, 5.41) is 9.44. The summed E-state index contributed by atoms with van der Waals surface area (Å²) in [5.74, 6) is 1.40. The first kappa shape index (κ1) is 19.6. The Labute approximate surface area is 173 Å². The molecule has 0 radical (unpaired) electrons. The Balaban J connectivity index is 1.34. The lowest BCUT2D eigenvalue weighted by molar-refractivity contribution is -0.131. The molecule has 0 aliphatic carbocycles. The summed E-state index contributed by atoms with van der Waals surface area (Å²) < 4.78 is 0. The number of piperazine rings is 1. The van der Waals surface area contributed by atoms with Crippen LogP contribution in [0.1, 0.15) is 23.4 Å². The fraction of sp³-hybridized carbons (Fsp3) is 0.318. The van der Waals surface area contributed by atoms with Crippen LogP contribution in [0.2, 0.25) is 0 Å². The number of carbonyl (C=O) groups is 1. The van der Waals surface area contributed by atoms with Gasteiger partial charge in [-0.05, 0) is 31.2 Å². The molecule has 8 heteroatoms. The van der Waals surface area contributed by atoms with Crippen LogP contribution in [0.25, 0.3) is 10.9 Å². The summed E-state index contributed by atoms with van der Waals surface area (Å²) >= 11 is 0. The Hall–Kier alpha value is -3.73. The summed E-state index contributed by atoms with van der Waals surface area (Å²) in [4.78, 5) is 40.5. The zero-order chi connectivity index (χ0) is 21.1. The Bertz CT molecular complexity index is 1170. The second kappa shape index (κ2) is 8.33. The second-order valence-corrected chi connectivity index (χ2v) is 7.42. The topological polar surface area (TPSA) is 106 Å². The first-order valence-electron chi connectivity index (χ1n) is 9.92. The van der Waals surface area contributed by atoms with Gasteiger partial charge in [0, 0.05) is 45.2 Å².